The quantitative estimate of drug-likeness (QED) is 0.335. The van der Waals surface area contributed by atoms with Crippen LogP contribution < -0.4 is 10.7 Å². The van der Waals surface area contributed by atoms with Crippen LogP contribution in [0.15, 0.2) is 82.1 Å². The Morgan fingerprint density at radius 1 is 1.06 bits per heavy atom. The van der Waals surface area contributed by atoms with Gasteiger partial charge in [0.2, 0.25) is 0 Å². The molecule has 0 radical (unpaired) electrons. The fraction of sp³-hybridized carbons (Fsp3) is 0.143. The SMILES string of the molecule is Cc1cc(C(C)Nc2ccccc2C(=O)O)c2oc(-c3ccc4ccn(C)c4c3)cc(=O)c2c1. The molecule has 0 saturated carbocycles. The first-order valence-electron chi connectivity index (χ1n) is 11.0. The number of aromatic nitrogens is 1. The molecule has 6 nitrogen and oxygen atoms in total. The monoisotopic (exact) mass is 452 g/mol. The molecule has 0 saturated heterocycles. The molecule has 0 fully saturated rings. The normalized spacial score (nSPS) is 12.2. The van der Waals surface area contributed by atoms with Gasteiger partial charge in [-0.05, 0) is 55.1 Å². The summed E-state index contributed by atoms with van der Waals surface area (Å²) in [4.78, 5) is 24.8. The summed E-state index contributed by atoms with van der Waals surface area (Å²) in [6, 6.07) is 19.8. The lowest BCUT2D eigenvalue weighted by Crippen LogP contribution is -2.12. The van der Waals surface area contributed by atoms with Crippen molar-refractivity contribution in [2.75, 3.05) is 5.32 Å². The summed E-state index contributed by atoms with van der Waals surface area (Å²) in [7, 11) is 1.98. The second-order valence-corrected chi connectivity index (χ2v) is 8.62. The van der Waals surface area contributed by atoms with E-state index in [0.29, 0.717) is 22.4 Å². The largest absolute Gasteiger partial charge is 0.478 e. The first-order chi connectivity index (χ1) is 16.3. The van der Waals surface area contributed by atoms with Crippen molar-refractivity contribution in [3.63, 3.8) is 0 Å². The summed E-state index contributed by atoms with van der Waals surface area (Å²) >= 11 is 0. The standard InChI is InChI=1S/C28H24N2O4/c1-16-12-21(17(2)29-23-7-5-4-6-20(23)28(32)33)27-22(13-16)25(31)15-26(34-27)19-9-8-18-10-11-30(3)24(18)14-19/h4-15,17,29H,1-3H3,(H,32,33). The average molecular weight is 453 g/mol. The molecule has 2 N–H and O–H groups in total. The van der Waals surface area contributed by atoms with Crippen LogP contribution in [0.5, 0.6) is 0 Å². The zero-order valence-corrected chi connectivity index (χ0v) is 19.1. The highest BCUT2D eigenvalue weighted by Gasteiger charge is 2.18. The number of benzene rings is 3. The van der Waals surface area contributed by atoms with Crippen LogP contribution in [0.25, 0.3) is 33.2 Å². The minimum atomic E-state index is -1.01. The van der Waals surface area contributed by atoms with E-state index in [1.807, 2.05) is 68.1 Å². The van der Waals surface area contributed by atoms with Gasteiger partial charge in [-0.15, -0.1) is 0 Å². The third-order valence-electron chi connectivity index (χ3n) is 6.17. The summed E-state index contributed by atoms with van der Waals surface area (Å²) in [5.41, 5.74) is 4.64. The lowest BCUT2D eigenvalue weighted by molar-refractivity contribution is 0.0698. The number of carbonyl (C=O) groups is 1. The Morgan fingerprint density at radius 3 is 2.65 bits per heavy atom. The van der Waals surface area contributed by atoms with E-state index < -0.39 is 5.97 Å². The highest BCUT2D eigenvalue weighted by molar-refractivity contribution is 5.94. The van der Waals surface area contributed by atoms with Crippen molar-refractivity contribution in [1.29, 1.82) is 0 Å². The van der Waals surface area contributed by atoms with Crippen LogP contribution in [0.3, 0.4) is 0 Å². The molecule has 0 aliphatic rings. The van der Waals surface area contributed by atoms with E-state index in [9.17, 15) is 14.7 Å². The third-order valence-corrected chi connectivity index (χ3v) is 6.17. The number of aromatic carboxylic acids is 1. The second kappa shape index (κ2) is 8.23. The van der Waals surface area contributed by atoms with Crippen LogP contribution in [-0.2, 0) is 7.05 Å². The van der Waals surface area contributed by atoms with Crippen molar-refractivity contribution in [3.8, 4) is 11.3 Å². The number of nitrogens with one attached hydrogen (secondary N) is 1. The van der Waals surface area contributed by atoms with Gasteiger partial charge < -0.3 is 19.4 Å². The molecule has 0 spiro atoms. The zero-order chi connectivity index (χ0) is 24.0. The predicted octanol–water partition coefficient (Wildman–Crippen LogP) is 6.13. The lowest BCUT2D eigenvalue weighted by Gasteiger charge is -2.19. The van der Waals surface area contributed by atoms with Crippen LogP contribution in [0.4, 0.5) is 5.69 Å². The fourth-order valence-corrected chi connectivity index (χ4v) is 4.42. The molecule has 5 rings (SSSR count). The number of nitrogens with zero attached hydrogens (tertiary/aromatic N) is 1. The summed E-state index contributed by atoms with van der Waals surface area (Å²) in [6.07, 6.45) is 1.99. The van der Waals surface area contributed by atoms with Gasteiger partial charge in [0.25, 0.3) is 0 Å². The predicted molar refractivity (Wildman–Crippen MR) is 135 cm³/mol. The maximum absolute atomic E-state index is 13.1. The molecule has 2 aromatic heterocycles. The minimum Gasteiger partial charge on any atom is -0.478 e. The molecule has 2 heterocycles. The topological polar surface area (TPSA) is 84.5 Å². The molecule has 0 aliphatic heterocycles. The van der Waals surface area contributed by atoms with E-state index in [-0.39, 0.29) is 17.0 Å². The van der Waals surface area contributed by atoms with Crippen molar-refractivity contribution in [3.05, 3.63) is 99.8 Å². The van der Waals surface area contributed by atoms with Crippen molar-refractivity contribution in [2.45, 2.75) is 19.9 Å². The molecule has 0 bridgehead atoms. The van der Waals surface area contributed by atoms with Crippen LogP contribution in [0.1, 0.15) is 34.5 Å². The van der Waals surface area contributed by atoms with Crippen molar-refractivity contribution in [1.82, 2.24) is 4.57 Å². The number of hydrogen-bond donors (Lipinski definition) is 2. The molecule has 1 unspecified atom stereocenters. The fourth-order valence-electron chi connectivity index (χ4n) is 4.42. The smallest absolute Gasteiger partial charge is 0.337 e. The zero-order valence-electron chi connectivity index (χ0n) is 19.1. The van der Waals surface area contributed by atoms with Gasteiger partial charge in [-0.1, -0.05) is 30.3 Å². The van der Waals surface area contributed by atoms with Gasteiger partial charge in [0.15, 0.2) is 5.43 Å². The van der Waals surface area contributed by atoms with E-state index >= 15 is 0 Å². The molecule has 3 aromatic carbocycles. The van der Waals surface area contributed by atoms with Crippen molar-refractivity contribution >= 4 is 33.5 Å². The van der Waals surface area contributed by atoms with Crippen LogP contribution in [-0.4, -0.2) is 15.6 Å². The summed E-state index contributed by atoms with van der Waals surface area (Å²) < 4.78 is 8.38. The van der Waals surface area contributed by atoms with E-state index in [1.165, 1.54) is 6.07 Å². The molecule has 0 aliphatic carbocycles. The highest BCUT2D eigenvalue weighted by atomic mass is 16.4. The Bertz CT molecular complexity index is 1630. The second-order valence-electron chi connectivity index (χ2n) is 8.62. The number of fused-ring (bicyclic) bond motifs is 2. The minimum absolute atomic E-state index is 0.119. The Labute approximate surface area is 196 Å². The van der Waals surface area contributed by atoms with E-state index in [1.54, 1.807) is 24.3 Å². The molecular formula is C28H24N2O4. The first-order valence-corrected chi connectivity index (χ1v) is 11.0. The Kier molecular flexibility index (Phi) is 5.21. The summed E-state index contributed by atoms with van der Waals surface area (Å²) in [5.74, 6) is -0.516. The number of carboxylic acid groups (broad SMARTS) is 1. The highest BCUT2D eigenvalue weighted by Crippen LogP contribution is 2.32. The maximum Gasteiger partial charge on any atom is 0.337 e. The molecule has 0 amide bonds. The molecule has 5 aromatic rings. The Morgan fingerprint density at radius 2 is 1.85 bits per heavy atom. The van der Waals surface area contributed by atoms with Gasteiger partial charge in [-0.3, -0.25) is 4.79 Å². The van der Waals surface area contributed by atoms with Crippen LogP contribution >= 0.6 is 0 Å². The molecule has 6 heteroatoms. The van der Waals surface area contributed by atoms with Gasteiger partial charge in [0.05, 0.1) is 17.0 Å². The number of aryl methyl sites for hydroxylation is 2. The number of anilines is 1. The van der Waals surface area contributed by atoms with Crippen molar-refractivity contribution < 1.29 is 14.3 Å². The Balaban J connectivity index is 1.65. The van der Waals surface area contributed by atoms with Gasteiger partial charge in [-0.2, -0.15) is 0 Å². The van der Waals surface area contributed by atoms with E-state index in [2.05, 4.69) is 5.32 Å². The van der Waals surface area contributed by atoms with Crippen LogP contribution in [0.2, 0.25) is 0 Å². The summed E-state index contributed by atoms with van der Waals surface area (Å²) in [6.45, 7) is 3.85. The molecule has 1 atom stereocenters. The van der Waals surface area contributed by atoms with E-state index in [0.717, 1.165) is 27.6 Å². The number of rotatable bonds is 5. The number of hydrogen-bond acceptors (Lipinski definition) is 4. The molecule has 34 heavy (non-hydrogen) atoms. The first kappa shape index (κ1) is 21.5. The van der Waals surface area contributed by atoms with Crippen LogP contribution in [0, 0.1) is 6.92 Å². The number of para-hydroxylation sites is 1. The lowest BCUT2D eigenvalue weighted by atomic mass is 10.00. The van der Waals surface area contributed by atoms with Gasteiger partial charge in [0.1, 0.15) is 11.3 Å². The average Bonchev–Trinajstić information content (AvgIpc) is 3.19. The molecule has 170 valence electrons. The molecular weight excluding hydrogens is 428 g/mol. The maximum atomic E-state index is 13.1. The van der Waals surface area contributed by atoms with Crippen molar-refractivity contribution in [2.24, 2.45) is 7.05 Å². The Hall–Kier alpha value is -4.32. The van der Waals surface area contributed by atoms with Gasteiger partial charge >= 0.3 is 5.97 Å². The summed E-state index contributed by atoms with van der Waals surface area (Å²) in [5, 5.41) is 14.4. The van der Waals surface area contributed by atoms with Gasteiger partial charge in [0, 0.05) is 41.6 Å². The van der Waals surface area contributed by atoms with E-state index in [4.69, 9.17) is 4.42 Å². The van der Waals surface area contributed by atoms with Gasteiger partial charge in [-0.25, -0.2) is 4.79 Å². The number of carboxylic acids is 1. The third kappa shape index (κ3) is 3.73.